The van der Waals surface area contributed by atoms with Gasteiger partial charge in [-0.05, 0) is 27.4 Å². The summed E-state index contributed by atoms with van der Waals surface area (Å²) in [6, 6.07) is 0.696. The summed E-state index contributed by atoms with van der Waals surface area (Å²) >= 11 is 0. The van der Waals surface area contributed by atoms with Gasteiger partial charge < -0.3 is 10.3 Å². The molecule has 1 rings (SSSR count). The topological polar surface area (TPSA) is 47.1 Å². The number of likely N-dealkylation sites (N-methyl/N-ethyl adjacent to an activating group) is 1. The summed E-state index contributed by atoms with van der Waals surface area (Å²) in [5.74, 6) is 0. The highest BCUT2D eigenvalue weighted by molar-refractivity contribution is 5.07. The van der Waals surface area contributed by atoms with Crippen molar-refractivity contribution in [3.8, 4) is 0 Å². The first-order valence-corrected chi connectivity index (χ1v) is 5.53. The third kappa shape index (κ3) is 2.58. The lowest BCUT2D eigenvalue weighted by Gasteiger charge is -2.27. The molecule has 1 aromatic heterocycles. The summed E-state index contributed by atoms with van der Waals surface area (Å²) in [5, 5.41) is 0. The quantitative estimate of drug-likeness (QED) is 0.799. The van der Waals surface area contributed by atoms with Gasteiger partial charge >= 0.3 is 0 Å². The van der Waals surface area contributed by atoms with Crippen molar-refractivity contribution < 1.29 is 0 Å². The lowest BCUT2D eigenvalue weighted by Crippen LogP contribution is -2.32. The molecule has 4 nitrogen and oxygen atoms in total. The lowest BCUT2D eigenvalue weighted by molar-refractivity contribution is 0.250. The molecule has 4 heteroatoms. The first kappa shape index (κ1) is 12.2. The smallest absolute Gasteiger partial charge is 0.0951 e. The standard InChI is InChI=1S/C11H22N4/c1-5-14(4)10(6-12)11-7-13-8-15(11)9(2)3/h7-10H,5-6,12H2,1-4H3. The maximum atomic E-state index is 5.83. The van der Waals surface area contributed by atoms with Crippen molar-refractivity contribution in [1.82, 2.24) is 14.5 Å². The van der Waals surface area contributed by atoms with Crippen LogP contribution in [0.1, 0.15) is 38.5 Å². The Kier molecular flexibility index (Phi) is 4.29. The van der Waals surface area contributed by atoms with E-state index in [9.17, 15) is 0 Å². The average Bonchev–Trinajstić information content (AvgIpc) is 2.67. The molecule has 0 aliphatic heterocycles. The Bertz CT molecular complexity index is 293. The fraction of sp³-hybridized carbons (Fsp3) is 0.727. The predicted molar refractivity (Wildman–Crippen MR) is 62.7 cm³/mol. The molecule has 0 fully saturated rings. The van der Waals surface area contributed by atoms with Crippen LogP contribution in [0, 0.1) is 0 Å². The van der Waals surface area contributed by atoms with Crippen LogP contribution < -0.4 is 5.73 Å². The molecule has 2 N–H and O–H groups in total. The van der Waals surface area contributed by atoms with Gasteiger partial charge in [0.15, 0.2) is 0 Å². The van der Waals surface area contributed by atoms with E-state index < -0.39 is 0 Å². The highest BCUT2D eigenvalue weighted by atomic mass is 15.2. The van der Waals surface area contributed by atoms with E-state index in [-0.39, 0.29) is 6.04 Å². The molecule has 1 unspecified atom stereocenters. The number of hydrogen-bond donors (Lipinski definition) is 1. The van der Waals surface area contributed by atoms with Gasteiger partial charge in [0.1, 0.15) is 0 Å². The van der Waals surface area contributed by atoms with Gasteiger partial charge in [0.2, 0.25) is 0 Å². The molecule has 1 heterocycles. The van der Waals surface area contributed by atoms with Gasteiger partial charge in [-0.1, -0.05) is 6.92 Å². The van der Waals surface area contributed by atoms with Gasteiger partial charge in [-0.15, -0.1) is 0 Å². The van der Waals surface area contributed by atoms with Crippen LogP contribution in [0.2, 0.25) is 0 Å². The van der Waals surface area contributed by atoms with Gasteiger partial charge in [0, 0.05) is 18.8 Å². The van der Waals surface area contributed by atoms with Crippen molar-refractivity contribution in [3.05, 3.63) is 18.2 Å². The SMILES string of the molecule is CCN(C)C(CN)c1cncn1C(C)C. The van der Waals surface area contributed by atoms with Crippen LogP contribution in [0.25, 0.3) is 0 Å². The highest BCUT2D eigenvalue weighted by Gasteiger charge is 2.18. The number of rotatable bonds is 5. The molecule has 15 heavy (non-hydrogen) atoms. The van der Waals surface area contributed by atoms with Crippen molar-refractivity contribution in [3.63, 3.8) is 0 Å². The summed E-state index contributed by atoms with van der Waals surface area (Å²) in [6.45, 7) is 8.07. The van der Waals surface area contributed by atoms with Gasteiger partial charge in [-0.2, -0.15) is 0 Å². The molecule has 0 saturated carbocycles. The fourth-order valence-corrected chi connectivity index (χ4v) is 1.75. The number of nitrogens with zero attached hydrogens (tertiary/aromatic N) is 3. The molecule has 1 aromatic rings. The number of hydrogen-bond acceptors (Lipinski definition) is 3. The van der Waals surface area contributed by atoms with Gasteiger partial charge in [0.25, 0.3) is 0 Å². The molecule has 0 spiro atoms. The Morgan fingerprint density at radius 1 is 1.53 bits per heavy atom. The third-order valence-corrected chi connectivity index (χ3v) is 2.85. The number of imidazole rings is 1. The molecule has 0 aliphatic rings. The van der Waals surface area contributed by atoms with Crippen molar-refractivity contribution in [2.45, 2.75) is 32.9 Å². The summed E-state index contributed by atoms with van der Waals surface area (Å²) in [6.07, 6.45) is 3.80. The third-order valence-electron chi connectivity index (χ3n) is 2.85. The van der Waals surface area contributed by atoms with Crippen LogP contribution in [0.4, 0.5) is 0 Å². The zero-order valence-corrected chi connectivity index (χ0v) is 10.1. The van der Waals surface area contributed by atoms with Gasteiger partial charge in [-0.3, -0.25) is 4.90 Å². The predicted octanol–water partition coefficient (Wildman–Crippen LogP) is 1.42. The molecule has 0 aliphatic carbocycles. The largest absolute Gasteiger partial charge is 0.331 e. The van der Waals surface area contributed by atoms with E-state index in [0.29, 0.717) is 12.6 Å². The Balaban J connectivity index is 2.96. The molecule has 0 amide bonds. The maximum Gasteiger partial charge on any atom is 0.0951 e. The monoisotopic (exact) mass is 210 g/mol. The van der Waals surface area contributed by atoms with Crippen LogP contribution in [0.3, 0.4) is 0 Å². The zero-order valence-electron chi connectivity index (χ0n) is 10.1. The van der Waals surface area contributed by atoms with Crippen molar-refractivity contribution in [1.29, 1.82) is 0 Å². The van der Waals surface area contributed by atoms with E-state index in [1.807, 2.05) is 12.5 Å². The van der Waals surface area contributed by atoms with Crippen molar-refractivity contribution in [2.75, 3.05) is 20.1 Å². The maximum absolute atomic E-state index is 5.83. The summed E-state index contributed by atoms with van der Waals surface area (Å²) in [7, 11) is 2.09. The van der Waals surface area contributed by atoms with E-state index in [1.54, 1.807) is 0 Å². The summed E-state index contributed by atoms with van der Waals surface area (Å²) < 4.78 is 2.18. The van der Waals surface area contributed by atoms with Crippen LogP contribution in [-0.4, -0.2) is 34.6 Å². The Hall–Kier alpha value is -0.870. The molecular formula is C11H22N4. The second-order valence-electron chi connectivity index (χ2n) is 4.14. The first-order valence-electron chi connectivity index (χ1n) is 5.53. The molecule has 0 saturated heterocycles. The second-order valence-corrected chi connectivity index (χ2v) is 4.14. The number of nitrogens with two attached hydrogens (primary N) is 1. The molecule has 0 bridgehead atoms. The minimum absolute atomic E-state index is 0.264. The number of aromatic nitrogens is 2. The normalized spacial score (nSPS) is 13.8. The van der Waals surface area contributed by atoms with Crippen LogP contribution in [-0.2, 0) is 0 Å². The second kappa shape index (κ2) is 5.28. The Morgan fingerprint density at radius 3 is 2.67 bits per heavy atom. The van der Waals surface area contributed by atoms with Crippen LogP contribution in [0.5, 0.6) is 0 Å². The van der Waals surface area contributed by atoms with E-state index >= 15 is 0 Å². The van der Waals surface area contributed by atoms with Gasteiger partial charge in [0.05, 0.1) is 18.1 Å². The molecule has 0 aromatic carbocycles. The zero-order chi connectivity index (χ0) is 11.4. The van der Waals surface area contributed by atoms with Crippen LogP contribution in [0.15, 0.2) is 12.5 Å². The van der Waals surface area contributed by atoms with Crippen LogP contribution >= 0.6 is 0 Å². The van der Waals surface area contributed by atoms with E-state index in [2.05, 4.69) is 42.3 Å². The lowest BCUT2D eigenvalue weighted by atomic mass is 10.2. The van der Waals surface area contributed by atoms with E-state index in [1.165, 1.54) is 5.69 Å². The molecule has 0 radical (unpaired) electrons. The minimum atomic E-state index is 0.264. The van der Waals surface area contributed by atoms with E-state index in [4.69, 9.17) is 5.73 Å². The molecule has 1 atom stereocenters. The molecule has 86 valence electrons. The van der Waals surface area contributed by atoms with Gasteiger partial charge in [-0.25, -0.2) is 4.98 Å². The summed E-state index contributed by atoms with van der Waals surface area (Å²) in [5.41, 5.74) is 7.03. The highest BCUT2D eigenvalue weighted by Crippen LogP contribution is 2.20. The van der Waals surface area contributed by atoms with Crippen molar-refractivity contribution in [2.24, 2.45) is 5.73 Å². The first-order chi connectivity index (χ1) is 7.11. The average molecular weight is 210 g/mol. The summed E-state index contributed by atoms with van der Waals surface area (Å²) in [4.78, 5) is 6.46. The Morgan fingerprint density at radius 2 is 2.20 bits per heavy atom. The Labute approximate surface area is 92.1 Å². The van der Waals surface area contributed by atoms with Crippen molar-refractivity contribution >= 4 is 0 Å². The minimum Gasteiger partial charge on any atom is -0.331 e. The van der Waals surface area contributed by atoms with E-state index in [0.717, 1.165) is 6.54 Å². The molecular weight excluding hydrogens is 188 g/mol. The fourth-order valence-electron chi connectivity index (χ4n) is 1.75.